The van der Waals surface area contributed by atoms with Gasteiger partial charge in [0.25, 0.3) is 5.56 Å². The average molecular weight is 379 g/mol. The molecule has 1 aromatic heterocycles. The van der Waals surface area contributed by atoms with Gasteiger partial charge in [-0.1, -0.05) is 0 Å². The molecule has 1 amide bonds. The van der Waals surface area contributed by atoms with Crippen molar-refractivity contribution in [3.8, 4) is 0 Å². The highest BCUT2D eigenvalue weighted by Gasteiger charge is 2.48. The van der Waals surface area contributed by atoms with E-state index in [0.29, 0.717) is 10.8 Å². The Balaban J connectivity index is 2.01. The van der Waals surface area contributed by atoms with Gasteiger partial charge in [0, 0.05) is 0 Å². The zero-order valence-electron chi connectivity index (χ0n) is 12.7. The van der Waals surface area contributed by atoms with Crippen LogP contribution >= 0.6 is 0 Å². The number of aliphatic hydroxyl groups excluding tert-OH is 3. The van der Waals surface area contributed by atoms with Crippen LogP contribution in [0, 0.1) is 5.82 Å². The molecule has 1 saturated heterocycles. The Bertz CT molecular complexity index is 807. The molecule has 26 heavy (non-hydrogen) atoms. The fourth-order valence-corrected chi connectivity index (χ4v) is 2.05. The molecule has 1 fully saturated rings. The number of carbonyl (C=O) groups excluding carboxylic acids is 1. The number of alkyl carbamates (subject to hydrolysis) is 1. The van der Waals surface area contributed by atoms with Crippen LogP contribution in [0.1, 0.15) is 0 Å². The summed E-state index contributed by atoms with van der Waals surface area (Å²) in [4.78, 5) is 46.5. The Morgan fingerprint density at radius 2 is 1.92 bits per heavy atom. The Morgan fingerprint density at radius 1 is 1.27 bits per heavy atom. The monoisotopic (exact) mass is 379 g/mol. The number of carboxylic acids is 1. The minimum Gasteiger partial charge on any atom is -0.479 e. The molecule has 1 aliphatic rings. The highest BCUT2D eigenvalue weighted by Crippen LogP contribution is 2.22. The van der Waals surface area contributed by atoms with E-state index in [9.17, 15) is 38.9 Å². The molecule has 1 aliphatic heterocycles. The molecule has 5 atom stereocenters. The molecule has 2 heterocycles. The molecule has 0 radical (unpaired) electrons. The first-order valence-electron chi connectivity index (χ1n) is 6.98. The zero-order valence-corrected chi connectivity index (χ0v) is 12.7. The van der Waals surface area contributed by atoms with Crippen LogP contribution in [-0.4, -0.2) is 72.7 Å². The van der Waals surface area contributed by atoms with E-state index in [4.69, 9.17) is 9.84 Å². The van der Waals surface area contributed by atoms with Crippen molar-refractivity contribution in [2.24, 2.45) is 0 Å². The van der Waals surface area contributed by atoms with Gasteiger partial charge < -0.3 is 35.2 Å². The first-order valence-corrected chi connectivity index (χ1v) is 6.98. The smallest absolute Gasteiger partial charge is 0.410 e. The molecule has 13 nitrogen and oxygen atoms in total. The molecule has 144 valence electrons. The van der Waals surface area contributed by atoms with Gasteiger partial charge in [-0.3, -0.25) is 14.3 Å². The molecule has 0 aromatic carbocycles. The predicted molar refractivity (Wildman–Crippen MR) is 75.2 cm³/mol. The van der Waals surface area contributed by atoms with Crippen LogP contribution in [0.3, 0.4) is 0 Å². The Labute approximate surface area is 142 Å². The van der Waals surface area contributed by atoms with Crippen LogP contribution in [0.15, 0.2) is 15.8 Å². The number of ether oxygens (including phenoxy) is 2. The van der Waals surface area contributed by atoms with E-state index in [-0.39, 0.29) is 0 Å². The van der Waals surface area contributed by atoms with E-state index in [1.54, 1.807) is 4.98 Å². The van der Waals surface area contributed by atoms with Crippen molar-refractivity contribution in [1.82, 2.24) is 14.9 Å². The van der Waals surface area contributed by atoms with Gasteiger partial charge in [0.05, 0.1) is 6.20 Å². The minimum atomic E-state index is -1.97. The molecular weight excluding hydrogens is 365 g/mol. The Kier molecular flexibility index (Phi) is 5.71. The minimum absolute atomic E-state index is 0.522. The van der Waals surface area contributed by atoms with E-state index >= 15 is 0 Å². The number of aromatic amines is 1. The largest absolute Gasteiger partial charge is 0.479 e. The Hall–Kier alpha value is -2.81. The topological polar surface area (TPSA) is 200 Å². The lowest BCUT2D eigenvalue weighted by molar-refractivity contribution is -0.278. The highest BCUT2D eigenvalue weighted by atomic mass is 19.1. The van der Waals surface area contributed by atoms with Crippen molar-refractivity contribution in [3.05, 3.63) is 32.9 Å². The van der Waals surface area contributed by atoms with Gasteiger partial charge in [0.1, 0.15) is 25.0 Å². The summed E-state index contributed by atoms with van der Waals surface area (Å²) < 4.78 is 23.0. The molecule has 0 unspecified atom stereocenters. The second-order valence-electron chi connectivity index (χ2n) is 5.18. The van der Waals surface area contributed by atoms with Gasteiger partial charge in [0.2, 0.25) is 12.1 Å². The second-order valence-corrected chi connectivity index (χ2v) is 5.18. The molecular formula is C12H14FN3O10. The van der Waals surface area contributed by atoms with Gasteiger partial charge in [0.15, 0.2) is 6.10 Å². The number of halogens is 1. The molecule has 0 spiro atoms. The van der Waals surface area contributed by atoms with Crippen molar-refractivity contribution in [2.45, 2.75) is 37.4 Å². The van der Waals surface area contributed by atoms with Crippen molar-refractivity contribution in [1.29, 1.82) is 0 Å². The summed E-state index contributed by atoms with van der Waals surface area (Å²) in [6, 6.07) is 0. The number of carboxylic acid groups (broad SMARTS) is 1. The number of aromatic nitrogens is 2. The van der Waals surface area contributed by atoms with Gasteiger partial charge in [-0.2, -0.15) is 4.39 Å². The van der Waals surface area contributed by atoms with Crippen molar-refractivity contribution >= 4 is 12.1 Å². The van der Waals surface area contributed by atoms with Crippen molar-refractivity contribution < 1.29 is 43.9 Å². The summed E-state index contributed by atoms with van der Waals surface area (Å²) in [5.74, 6) is -2.96. The van der Waals surface area contributed by atoms with Crippen LogP contribution in [0.4, 0.5) is 9.18 Å². The number of hydrogen-bond acceptors (Lipinski definition) is 9. The number of nitrogens with zero attached hydrogens (tertiary/aromatic N) is 1. The average Bonchev–Trinajstić information content (AvgIpc) is 2.57. The summed E-state index contributed by atoms with van der Waals surface area (Å²) in [5, 5.41) is 39.5. The molecule has 6 N–H and O–H groups in total. The molecule has 0 aliphatic carbocycles. The maximum Gasteiger partial charge on any atom is 0.410 e. The number of nitrogens with one attached hydrogen (secondary N) is 2. The summed E-state index contributed by atoms with van der Waals surface area (Å²) >= 11 is 0. The lowest BCUT2D eigenvalue weighted by atomic mass is 9.99. The SMILES string of the molecule is O=C(NCn1cc(F)c(=O)[nH]c1=O)O[C@@H]1O[C@H](C(=O)O)[C@@H](O)[C@H](O)[C@H]1O. The summed E-state index contributed by atoms with van der Waals surface area (Å²) in [7, 11) is 0. The maximum atomic E-state index is 13.1. The van der Waals surface area contributed by atoms with Crippen LogP contribution in [-0.2, 0) is 20.9 Å². The molecule has 0 bridgehead atoms. The second kappa shape index (κ2) is 7.61. The number of amides is 1. The van der Waals surface area contributed by atoms with E-state index in [0.717, 1.165) is 0 Å². The number of H-pyrrole nitrogens is 1. The molecule has 1 aromatic rings. The van der Waals surface area contributed by atoms with Crippen LogP contribution in [0.2, 0.25) is 0 Å². The molecule has 2 rings (SSSR count). The first-order chi connectivity index (χ1) is 12.1. The third-order valence-electron chi connectivity index (χ3n) is 3.40. The van der Waals surface area contributed by atoms with Crippen LogP contribution < -0.4 is 16.6 Å². The summed E-state index contributed by atoms with van der Waals surface area (Å²) in [6.45, 7) is -0.651. The summed E-state index contributed by atoms with van der Waals surface area (Å²) in [6.07, 6.45) is -10.6. The predicted octanol–water partition coefficient (Wildman–Crippen LogP) is -3.75. The van der Waals surface area contributed by atoms with Gasteiger partial charge in [-0.15, -0.1) is 0 Å². The van der Waals surface area contributed by atoms with Crippen molar-refractivity contribution in [3.63, 3.8) is 0 Å². The highest BCUT2D eigenvalue weighted by molar-refractivity contribution is 5.73. The first kappa shape index (κ1) is 19.5. The number of hydrogen-bond donors (Lipinski definition) is 6. The number of carbonyl (C=O) groups is 2. The van der Waals surface area contributed by atoms with E-state index in [2.05, 4.69) is 4.74 Å². The Morgan fingerprint density at radius 3 is 2.54 bits per heavy atom. The van der Waals surface area contributed by atoms with Crippen LogP contribution in [0.25, 0.3) is 0 Å². The lowest BCUT2D eigenvalue weighted by Crippen LogP contribution is -2.61. The quantitative estimate of drug-likeness (QED) is 0.302. The van der Waals surface area contributed by atoms with E-state index < -0.39 is 66.5 Å². The van der Waals surface area contributed by atoms with Crippen molar-refractivity contribution in [2.75, 3.05) is 0 Å². The number of aliphatic carboxylic acids is 1. The molecule has 0 saturated carbocycles. The fraction of sp³-hybridized carbons (Fsp3) is 0.500. The number of aliphatic hydroxyl groups is 3. The standard InChI is InChI=1S/C12H14FN3O10/c13-3-1-16(11(23)15-8(3)20)2-14-12(24)26-10-6(19)4(17)5(18)7(25-10)9(21)22/h1,4-7,10,17-19H,2H2,(H,14,24)(H,21,22)(H,15,20,23)/t4-,5-,6+,7-,10-/m0/s1. The number of rotatable bonds is 4. The van der Waals surface area contributed by atoms with E-state index in [1.807, 2.05) is 5.32 Å². The fourth-order valence-electron chi connectivity index (χ4n) is 2.05. The third kappa shape index (κ3) is 4.05. The third-order valence-corrected chi connectivity index (χ3v) is 3.40. The zero-order chi connectivity index (χ0) is 19.6. The normalized spacial score (nSPS) is 28.4. The van der Waals surface area contributed by atoms with Crippen LogP contribution in [0.5, 0.6) is 0 Å². The summed E-state index contributed by atoms with van der Waals surface area (Å²) in [5.41, 5.74) is -2.28. The van der Waals surface area contributed by atoms with Gasteiger partial charge >= 0.3 is 17.8 Å². The molecule has 14 heteroatoms. The van der Waals surface area contributed by atoms with Gasteiger partial charge in [-0.05, 0) is 0 Å². The maximum absolute atomic E-state index is 13.1. The lowest BCUT2D eigenvalue weighted by Gasteiger charge is -2.37. The van der Waals surface area contributed by atoms with Gasteiger partial charge in [-0.25, -0.2) is 14.4 Å². The van der Waals surface area contributed by atoms with E-state index in [1.165, 1.54) is 0 Å².